The number of anilines is 2. The predicted molar refractivity (Wildman–Crippen MR) is 119 cm³/mol. The minimum absolute atomic E-state index is 0.0594. The highest BCUT2D eigenvalue weighted by Crippen LogP contribution is 2.36. The average molecular weight is 432 g/mol. The Balaban J connectivity index is 1.96. The molecule has 2 aromatic rings. The number of aromatic nitrogens is 3. The maximum Gasteiger partial charge on any atom is 0.310 e. The molecule has 2 aromatic heterocycles. The van der Waals surface area contributed by atoms with Crippen molar-refractivity contribution in [2.45, 2.75) is 78.8 Å². The highest BCUT2D eigenvalue weighted by atomic mass is 19.1. The van der Waals surface area contributed by atoms with Crippen LogP contribution in [0.25, 0.3) is 0 Å². The van der Waals surface area contributed by atoms with Gasteiger partial charge in [-0.05, 0) is 72.1 Å². The molecule has 1 saturated heterocycles. The second-order valence-corrected chi connectivity index (χ2v) is 9.73. The molecule has 3 rings (SSSR count). The first-order valence-electron chi connectivity index (χ1n) is 10.9. The monoisotopic (exact) mass is 431 g/mol. The molecule has 1 aliphatic heterocycles. The first kappa shape index (κ1) is 23.2. The third-order valence-corrected chi connectivity index (χ3v) is 6.01. The van der Waals surface area contributed by atoms with Gasteiger partial charge >= 0.3 is 5.97 Å². The number of carboxylic acid groups (broad SMARTS) is 1. The van der Waals surface area contributed by atoms with Crippen LogP contribution in [-0.4, -0.2) is 38.4 Å². The van der Waals surface area contributed by atoms with E-state index in [0.717, 1.165) is 5.69 Å². The number of hydrogen-bond acceptors (Lipinski definition) is 5. The zero-order chi connectivity index (χ0) is 23.0. The van der Waals surface area contributed by atoms with Gasteiger partial charge in [0.15, 0.2) is 5.82 Å². The van der Waals surface area contributed by atoms with Crippen LogP contribution >= 0.6 is 0 Å². The first-order valence-corrected chi connectivity index (χ1v) is 10.9. The lowest BCUT2D eigenvalue weighted by Crippen LogP contribution is -2.48. The summed E-state index contributed by atoms with van der Waals surface area (Å²) in [6, 6.07) is 3.67. The summed E-state index contributed by atoms with van der Waals surface area (Å²) in [6.45, 7) is 12.6. The number of pyridine rings is 1. The van der Waals surface area contributed by atoms with Crippen molar-refractivity contribution >= 4 is 17.6 Å². The second-order valence-electron chi connectivity index (χ2n) is 9.73. The van der Waals surface area contributed by atoms with Crippen LogP contribution < -0.4 is 10.6 Å². The number of carbonyl (C=O) groups is 1. The minimum atomic E-state index is -1.02. The number of hydrogen-bond donors (Lipinski definition) is 3. The Hall–Kier alpha value is -2.48. The van der Waals surface area contributed by atoms with E-state index in [-0.39, 0.29) is 23.7 Å². The Morgan fingerprint density at radius 2 is 2.10 bits per heavy atom. The smallest absolute Gasteiger partial charge is 0.310 e. The standard InChI is InChI=1S/C23H34FN5O2/c1-7-16-11-18(27-19-10-15(3)29(28-19)22(4,5)6)26-17(20(16)24)13-23(21(30)31)8-9-25-14(2)12-23/h10-11,14,25H,7-9,12-13H2,1-6H3,(H,30,31)(H,26,27,28)/t14?,23-/m1/s1. The highest BCUT2D eigenvalue weighted by molar-refractivity contribution is 5.75. The van der Waals surface area contributed by atoms with Gasteiger partial charge < -0.3 is 15.7 Å². The van der Waals surface area contributed by atoms with E-state index in [2.05, 4.69) is 41.5 Å². The molecule has 0 amide bonds. The van der Waals surface area contributed by atoms with Crippen molar-refractivity contribution in [1.29, 1.82) is 0 Å². The summed E-state index contributed by atoms with van der Waals surface area (Å²) < 4.78 is 17.1. The highest BCUT2D eigenvalue weighted by Gasteiger charge is 2.43. The lowest BCUT2D eigenvalue weighted by Gasteiger charge is -2.37. The molecule has 0 aromatic carbocycles. The van der Waals surface area contributed by atoms with Gasteiger partial charge in [0, 0.05) is 24.2 Å². The quantitative estimate of drug-likeness (QED) is 0.636. The van der Waals surface area contributed by atoms with Gasteiger partial charge in [-0.2, -0.15) is 5.10 Å². The van der Waals surface area contributed by atoms with Crippen LogP contribution in [0.1, 0.15) is 64.4 Å². The number of nitrogens with one attached hydrogen (secondary N) is 2. The molecule has 170 valence electrons. The fraction of sp³-hybridized carbons (Fsp3) is 0.609. The number of halogens is 1. The van der Waals surface area contributed by atoms with E-state index in [1.807, 2.05) is 31.5 Å². The van der Waals surface area contributed by atoms with Gasteiger partial charge in [-0.1, -0.05) is 6.92 Å². The summed E-state index contributed by atoms with van der Waals surface area (Å²) in [4.78, 5) is 16.7. The van der Waals surface area contributed by atoms with Crippen LogP contribution in [0.5, 0.6) is 0 Å². The fourth-order valence-electron chi connectivity index (χ4n) is 4.49. The van der Waals surface area contributed by atoms with E-state index in [4.69, 9.17) is 0 Å². The lowest BCUT2D eigenvalue weighted by molar-refractivity contribution is -0.151. The molecule has 2 atom stereocenters. The van der Waals surface area contributed by atoms with Crippen LogP contribution in [0.15, 0.2) is 12.1 Å². The minimum Gasteiger partial charge on any atom is -0.481 e. The molecule has 8 heteroatoms. The third-order valence-electron chi connectivity index (χ3n) is 6.01. The van der Waals surface area contributed by atoms with Crippen LogP contribution in [0.3, 0.4) is 0 Å². The number of carboxylic acids is 1. The number of aliphatic carboxylic acids is 1. The normalized spacial score (nSPS) is 21.8. The Kier molecular flexibility index (Phi) is 6.41. The third kappa shape index (κ3) is 4.89. The van der Waals surface area contributed by atoms with Gasteiger partial charge in [-0.3, -0.25) is 9.48 Å². The summed E-state index contributed by atoms with van der Waals surface area (Å²) in [7, 11) is 0. The Morgan fingerprint density at radius 3 is 2.65 bits per heavy atom. The molecule has 7 nitrogen and oxygen atoms in total. The van der Waals surface area contributed by atoms with E-state index < -0.39 is 17.2 Å². The molecular weight excluding hydrogens is 397 g/mol. The van der Waals surface area contributed by atoms with Gasteiger partial charge in [0.05, 0.1) is 16.6 Å². The van der Waals surface area contributed by atoms with E-state index in [1.54, 1.807) is 6.07 Å². The fourth-order valence-corrected chi connectivity index (χ4v) is 4.49. The van der Waals surface area contributed by atoms with Crippen molar-refractivity contribution in [3.63, 3.8) is 0 Å². The lowest BCUT2D eigenvalue weighted by atomic mass is 9.73. The van der Waals surface area contributed by atoms with Crippen molar-refractivity contribution < 1.29 is 14.3 Å². The van der Waals surface area contributed by atoms with Crippen molar-refractivity contribution in [3.05, 3.63) is 34.9 Å². The Bertz CT molecular complexity index is 966. The van der Waals surface area contributed by atoms with Crippen LogP contribution in [0, 0.1) is 18.2 Å². The number of rotatable bonds is 6. The zero-order valence-corrected chi connectivity index (χ0v) is 19.3. The molecule has 3 N–H and O–H groups in total. The first-order chi connectivity index (χ1) is 14.4. The predicted octanol–water partition coefficient (Wildman–Crippen LogP) is 4.17. The molecule has 3 heterocycles. The van der Waals surface area contributed by atoms with Gasteiger partial charge in [0.1, 0.15) is 11.6 Å². The van der Waals surface area contributed by atoms with Crippen LogP contribution in [-0.2, 0) is 23.2 Å². The molecule has 1 unspecified atom stereocenters. The Morgan fingerprint density at radius 1 is 1.39 bits per heavy atom. The topological polar surface area (TPSA) is 92.1 Å². The van der Waals surface area contributed by atoms with Crippen molar-refractivity contribution in [2.24, 2.45) is 5.41 Å². The molecule has 0 aliphatic carbocycles. The summed E-state index contributed by atoms with van der Waals surface area (Å²) in [5, 5.41) is 21.1. The molecule has 1 fully saturated rings. The molecule has 0 saturated carbocycles. The molecule has 0 bridgehead atoms. The summed E-state index contributed by atoms with van der Waals surface area (Å²) in [6.07, 6.45) is 1.45. The molecule has 0 spiro atoms. The van der Waals surface area contributed by atoms with Crippen molar-refractivity contribution in [1.82, 2.24) is 20.1 Å². The van der Waals surface area contributed by atoms with E-state index in [0.29, 0.717) is 43.0 Å². The molecule has 0 radical (unpaired) electrons. The SMILES string of the molecule is CCc1cc(Nc2cc(C)n(C(C)(C)C)n2)nc(C[C@@]2(C(=O)O)CCNC(C)C2)c1F. The Labute approximate surface area is 183 Å². The molecular formula is C23H34FN5O2. The second kappa shape index (κ2) is 8.57. The number of piperidine rings is 1. The van der Waals surface area contributed by atoms with Crippen molar-refractivity contribution in [2.75, 3.05) is 11.9 Å². The maximum absolute atomic E-state index is 15.2. The van der Waals surface area contributed by atoms with Crippen LogP contribution in [0.2, 0.25) is 0 Å². The zero-order valence-electron chi connectivity index (χ0n) is 19.3. The summed E-state index contributed by atoms with van der Waals surface area (Å²) in [5.74, 6) is -0.188. The van der Waals surface area contributed by atoms with Gasteiger partial charge in [0.25, 0.3) is 0 Å². The molecule has 1 aliphatic rings. The maximum atomic E-state index is 15.2. The number of aryl methyl sites for hydroxylation is 2. The van der Waals surface area contributed by atoms with E-state index in [1.165, 1.54) is 0 Å². The van der Waals surface area contributed by atoms with Gasteiger partial charge in [-0.15, -0.1) is 0 Å². The van der Waals surface area contributed by atoms with Crippen molar-refractivity contribution in [3.8, 4) is 0 Å². The summed E-state index contributed by atoms with van der Waals surface area (Å²) in [5.41, 5.74) is 0.528. The largest absolute Gasteiger partial charge is 0.481 e. The van der Waals surface area contributed by atoms with E-state index >= 15 is 4.39 Å². The van der Waals surface area contributed by atoms with Gasteiger partial charge in [-0.25, -0.2) is 9.37 Å². The average Bonchev–Trinajstić information content (AvgIpc) is 3.04. The van der Waals surface area contributed by atoms with E-state index in [9.17, 15) is 9.90 Å². The molecule has 31 heavy (non-hydrogen) atoms. The number of nitrogens with zero attached hydrogens (tertiary/aromatic N) is 3. The van der Waals surface area contributed by atoms with Gasteiger partial charge in [0.2, 0.25) is 0 Å². The summed E-state index contributed by atoms with van der Waals surface area (Å²) >= 11 is 0. The van der Waals surface area contributed by atoms with Crippen LogP contribution in [0.4, 0.5) is 16.0 Å².